The van der Waals surface area contributed by atoms with Crippen molar-refractivity contribution in [1.82, 2.24) is 0 Å². The van der Waals surface area contributed by atoms with Gasteiger partial charge in [0, 0.05) is 6.07 Å². The molecule has 0 aliphatic carbocycles. The predicted octanol–water partition coefficient (Wildman–Crippen LogP) is 4.60. The van der Waals surface area contributed by atoms with Crippen LogP contribution in [0.25, 0.3) is 0 Å². The first-order chi connectivity index (χ1) is 10.9. The number of nitro benzene ring substituents is 1. The highest BCUT2D eigenvalue weighted by atomic mass is 28.4. The van der Waals surface area contributed by atoms with E-state index in [0.29, 0.717) is 6.61 Å². The van der Waals surface area contributed by atoms with Gasteiger partial charge in [0.25, 0.3) is 5.69 Å². The van der Waals surface area contributed by atoms with Crippen molar-refractivity contribution in [2.24, 2.45) is 0 Å². The molecular weight excluding hydrogens is 340 g/mol. The van der Waals surface area contributed by atoms with Gasteiger partial charge < -0.3 is 13.9 Å². The summed E-state index contributed by atoms with van der Waals surface area (Å²) in [5, 5.41) is 10.8. The Morgan fingerprint density at radius 3 is 2.33 bits per heavy atom. The van der Waals surface area contributed by atoms with Gasteiger partial charge in [0.15, 0.2) is 19.8 Å². The molecule has 0 unspecified atom stereocenters. The molecule has 6 nitrogen and oxygen atoms in total. The van der Waals surface area contributed by atoms with E-state index in [9.17, 15) is 18.9 Å². The molecule has 0 radical (unpaired) electrons. The monoisotopic (exact) mass is 363 g/mol. The summed E-state index contributed by atoms with van der Waals surface area (Å²) in [5.74, 6) is -0.355. The summed E-state index contributed by atoms with van der Waals surface area (Å²) in [5.41, 5.74) is -0.351. The fourth-order valence-corrected chi connectivity index (χ4v) is 2.61. The van der Waals surface area contributed by atoms with E-state index in [4.69, 9.17) is 9.16 Å². The van der Waals surface area contributed by atoms with Gasteiger partial charge in [-0.15, -0.1) is 0 Å². The van der Waals surface area contributed by atoms with Gasteiger partial charge in [-0.2, -0.15) is 8.78 Å². The number of non-ortho nitro benzene ring substituents is 1. The number of nitro groups is 1. The summed E-state index contributed by atoms with van der Waals surface area (Å²) in [6, 6.07) is 3.32. The summed E-state index contributed by atoms with van der Waals surface area (Å²) in [6.45, 7) is 7.80. The maximum atomic E-state index is 12.4. The molecule has 0 fully saturated rings. The molecular formula is C15H23F2NO5Si. The zero-order chi connectivity index (χ0) is 18.5. The fourth-order valence-electron chi connectivity index (χ4n) is 1.58. The van der Waals surface area contributed by atoms with Crippen LogP contribution in [0.3, 0.4) is 0 Å². The van der Waals surface area contributed by atoms with E-state index in [1.54, 1.807) is 0 Å². The van der Waals surface area contributed by atoms with Crippen LogP contribution in [0.15, 0.2) is 18.2 Å². The molecule has 0 saturated heterocycles. The Labute approximate surface area is 141 Å². The zero-order valence-corrected chi connectivity index (χ0v) is 15.5. The van der Waals surface area contributed by atoms with Crippen molar-refractivity contribution in [2.45, 2.75) is 45.5 Å². The highest BCUT2D eigenvalue weighted by molar-refractivity contribution is 6.74. The summed E-state index contributed by atoms with van der Waals surface area (Å²) in [7, 11) is -1.93. The van der Waals surface area contributed by atoms with Gasteiger partial charge in [-0.3, -0.25) is 10.1 Å². The molecule has 0 atom stereocenters. The molecule has 0 spiro atoms. The Kier molecular flexibility index (Phi) is 6.67. The maximum absolute atomic E-state index is 12.4. The zero-order valence-electron chi connectivity index (χ0n) is 14.5. The lowest BCUT2D eigenvalue weighted by Crippen LogP contribution is -2.41. The van der Waals surface area contributed by atoms with E-state index < -0.39 is 19.9 Å². The number of halogens is 2. The molecule has 0 amide bonds. The predicted molar refractivity (Wildman–Crippen MR) is 88.4 cm³/mol. The third-order valence-corrected chi connectivity index (χ3v) is 8.50. The molecule has 0 bridgehead atoms. The Morgan fingerprint density at radius 2 is 1.83 bits per heavy atom. The van der Waals surface area contributed by atoms with Crippen molar-refractivity contribution >= 4 is 14.0 Å². The molecule has 0 aliphatic heterocycles. The highest BCUT2D eigenvalue weighted by Gasteiger charge is 2.36. The van der Waals surface area contributed by atoms with Crippen LogP contribution in [-0.4, -0.2) is 33.1 Å². The smallest absolute Gasteiger partial charge is 0.387 e. The Bertz CT molecular complexity index is 575. The summed E-state index contributed by atoms with van der Waals surface area (Å²) in [4.78, 5) is 10.0. The van der Waals surface area contributed by atoms with Crippen molar-refractivity contribution < 1.29 is 27.6 Å². The third kappa shape index (κ3) is 5.71. The van der Waals surface area contributed by atoms with E-state index in [1.807, 2.05) is 0 Å². The van der Waals surface area contributed by atoms with Crippen LogP contribution in [-0.2, 0) is 4.43 Å². The second-order valence-corrected chi connectivity index (χ2v) is 11.5. The average Bonchev–Trinajstić information content (AvgIpc) is 2.42. The van der Waals surface area contributed by atoms with Crippen molar-refractivity contribution in [3.8, 4) is 11.5 Å². The van der Waals surface area contributed by atoms with Gasteiger partial charge in [-0.1, -0.05) is 20.8 Å². The first-order valence-corrected chi connectivity index (χ1v) is 10.3. The molecule has 136 valence electrons. The maximum Gasteiger partial charge on any atom is 0.387 e. The van der Waals surface area contributed by atoms with Crippen LogP contribution >= 0.6 is 0 Å². The van der Waals surface area contributed by atoms with Gasteiger partial charge in [-0.25, -0.2) is 0 Å². The van der Waals surface area contributed by atoms with Gasteiger partial charge >= 0.3 is 6.61 Å². The number of rotatable bonds is 8. The second kappa shape index (κ2) is 7.89. The van der Waals surface area contributed by atoms with Gasteiger partial charge in [0.2, 0.25) is 0 Å². The van der Waals surface area contributed by atoms with E-state index in [1.165, 1.54) is 12.1 Å². The summed E-state index contributed by atoms with van der Waals surface area (Å²) in [6.07, 6.45) is 0. The van der Waals surface area contributed by atoms with E-state index >= 15 is 0 Å². The summed E-state index contributed by atoms with van der Waals surface area (Å²) >= 11 is 0. The van der Waals surface area contributed by atoms with Crippen LogP contribution in [0.5, 0.6) is 11.5 Å². The molecule has 0 saturated carbocycles. The van der Waals surface area contributed by atoms with Crippen molar-refractivity contribution in [3.05, 3.63) is 28.3 Å². The molecule has 0 aromatic heterocycles. The van der Waals surface area contributed by atoms with Crippen molar-refractivity contribution in [3.63, 3.8) is 0 Å². The molecule has 1 aromatic carbocycles. The minimum Gasteiger partial charge on any atom is -0.487 e. The highest BCUT2D eigenvalue weighted by Crippen LogP contribution is 2.36. The van der Waals surface area contributed by atoms with Gasteiger partial charge in [-0.05, 0) is 24.2 Å². The standard InChI is InChI=1S/C15H23F2NO5Si/c1-15(2,3)24(4,5)22-9-8-21-12-7-6-11(18(19)20)10-13(12)23-14(16)17/h6-7,10,14H,8-9H2,1-5H3. The third-order valence-electron chi connectivity index (χ3n) is 3.96. The first kappa shape index (κ1) is 20.3. The van der Waals surface area contributed by atoms with Crippen molar-refractivity contribution in [2.75, 3.05) is 13.2 Å². The van der Waals surface area contributed by atoms with Crippen LogP contribution in [0.1, 0.15) is 20.8 Å². The van der Waals surface area contributed by atoms with Crippen molar-refractivity contribution in [1.29, 1.82) is 0 Å². The lowest BCUT2D eigenvalue weighted by molar-refractivity contribution is -0.385. The largest absolute Gasteiger partial charge is 0.487 e. The molecule has 0 heterocycles. The molecule has 0 N–H and O–H groups in total. The molecule has 0 aliphatic rings. The van der Waals surface area contributed by atoms with Gasteiger partial charge in [0.05, 0.1) is 17.6 Å². The Morgan fingerprint density at radius 1 is 1.21 bits per heavy atom. The minimum atomic E-state index is -3.10. The van der Waals surface area contributed by atoms with Gasteiger partial charge in [0.1, 0.15) is 6.61 Å². The number of alkyl halides is 2. The number of hydrogen-bond acceptors (Lipinski definition) is 5. The number of ether oxygens (including phenoxy) is 2. The number of hydrogen-bond donors (Lipinski definition) is 0. The topological polar surface area (TPSA) is 70.8 Å². The second-order valence-electron chi connectivity index (χ2n) is 6.72. The van der Waals surface area contributed by atoms with Crippen LogP contribution < -0.4 is 9.47 Å². The average molecular weight is 363 g/mol. The van der Waals surface area contributed by atoms with E-state index in [2.05, 4.69) is 38.6 Å². The molecule has 1 rings (SSSR count). The molecule has 24 heavy (non-hydrogen) atoms. The van der Waals surface area contributed by atoms with Crippen LogP contribution in [0, 0.1) is 10.1 Å². The van der Waals surface area contributed by atoms with E-state index in [0.717, 1.165) is 6.07 Å². The Hall–Kier alpha value is -1.74. The number of nitrogens with zero attached hydrogens (tertiary/aromatic N) is 1. The minimum absolute atomic E-state index is 0.0136. The van der Waals surface area contributed by atoms with Crippen LogP contribution in [0.4, 0.5) is 14.5 Å². The fraction of sp³-hybridized carbons (Fsp3) is 0.600. The Balaban J connectivity index is 2.72. The quantitative estimate of drug-likeness (QED) is 0.292. The summed E-state index contributed by atoms with van der Waals surface area (Å²) < 4.78 is 40.5. The SMILES string of the molecule is CC(C)(C)[Si](C)(C)OCCOc1ccc([N+](=O)[O-])cc1OC(F)F. The lowest BCUT2D eigenvalue weighted by Gasteiger charge is -2.36. The first-order valence-electron chi connectivity index (χ1n) is 7.44. The van der Waals surface area contributed by atoms with Crippen LogP contribution in [0.2, 0.25) is 18.1 Å². The molecule has 9 heteroatoms. The normalized spacial score (nSPS) is 12.3. The van der Waals surface area contributed by atoms with E-state index in [-0.39, 0.29) is 28.8 Å². The molecule has 1 aromatic rings. The lowest BCUT2D eigenvalue weighted by atomic mass is 10.2. The number of benzene rings is 1.